The molecule has 0 unspecified atom stereocenters. The second kappa shape index (κ2) is 8.38. The Bertz CT molecular complexity index is 1230. The van der Waals surface area contributed by atoms with Crippen LogP contribution in [-0.4, -0.2) is 25.4 Å². The summed E-state index contributed by atoms with van der Waals surface area (Å²) in [5, 5.41) is 8.18. The van der Waals surface area contributed by atoms with Gasteiger partial charge in [0.1, 0.15) is 12.4 Å². The molecular weight excluding hydrogens is 425 g/mol. The fourth-order valence-corrected chi connectivity index (χ4v) is 3.41. The SMILES string of the molecule is CCn1nc(-c2ccc(Cl)c(Cl)c2)cc1NC(=O)OCc1ccc2c(c1)ncn2C. The fourth-order valence-electron chi connectivity index (χ4n) is 3.12. The number of aromatic nitrogens is 4. The standard InChI is InChI=1S/C21H19Cl2N5O2/c1-3-28-20(10-17(26-28)14-5-6-15(22)16(23)9-14)25-21(29)30-11-13-4-7-19-18(8-13)24-12-27(19)2/h4-10,12H,3,11H2,1-2H3,(H,25,29). The van der Waals surface area contributed by atoms with Gasteiger partial charge in [0.15, 0.2) is 0 Å². The average Bonchev–Trinajstić information content (AvgIpc) is 3.31. The maximum absolute atomic E-state index is 12.3. The van der Waals surface area contributed by atoms with Gasteiger partial charge in [-0.15, -0.1) is 0 Å². The lowest BCUT2D eigenvalue weighted by Gasteiger charge is -2.08. The van der Waals surface area contributed by atoms with E-state index in [1.54, 1.807) is 29.2 Å². The van der Waals surface area contributed by atoms with E-state index < -0.39 is 6.09 Å². The molecule has 0 aliphatic carbocycles. The van der Waals surface area contributed by atoms with Crippen molar-refractivity contribution < 1.29 is 9.53 Å². The topological polar surface area (TPSA) is 74.0 Å². The molecule has 4 aromatic rings. The predicted octanol–water partition coefficient (Wildman–Crippen LogP) is 5.51. The number of hydrogen-bond acceptors (Lipinski definition) is 4. The molecule has 0 radical (unpaired) electrons. The van der Waals surface area contributed by atoms with E-state index in [1.165, 1.54) is 0 Å². The highest BCUT2D eigenvalue weighted by Gasteiger charge is 2.13. The van der Waals surface area contributed by atoms with Crippen LogP contribution >= 0.6 is 23.2 Å². The van der Waals surface area contributed by atoms with Crippen LogP contribution in [0.3, 0.4) is 0 Å². The van der Waals surface area contributed by atoms with Crippen molar-refractivity contribution in [2.24, 2.45) is 7.05 Å². The van der Waals surface area contributed by atoms with Crippen LogP contribution in [0.2, 0.25) is 10.0 Å². The van der Waals surface area contributed by atoms with Crippen molar-refractivity contribution in [1.29, 1.82) is 0 Å². The quantitative estimate of drug-likeness (QED) is 0.441. The van der Waals surface area contributed by atoms with Crippen molar-refractivity contribution >= 4 is 46.1 Å². The molecule has 2 heterocycles. The Morgan fingerprint density at radius 1 is 1.13 bits per heavy atom. The molecule has 9 heteroatoms. The van der Waals surface area contributed by atoms with Crippen LogP contribution in [0.15, 0.2) is 48.8 Å². The highest BCUT2D eigenvalue weighted by molar-refractivity contribution is 6.42. The number of imidazole rings is 1. The van der Waals surface area contributed by atoms with Crippen LogP contribution in [0.1, 0.15) is 12.5 Å². The molecule has 0 spiro atoms. The number of fused-ring (bicyclic) bond motifs is 1. The van der Waals surface area contributed by atoms with Crippen LogP contribution in [0.5, 0.6) is 0 Å². The van der Waals surface area contributed by atoms with E-state index >= 15 is 0 Å². The van der Waals surface area contributed by atoms with Crippen molar-refractivity contribution in [2.75, 3.05) is 5.32 Å². The van der Waals surface area contributed by atoms with Gasteiger partial charge in [0.25, 0.3) is 0 Å². The first kappa shape index (κ1) is 20.3. The van der Waals surface area contributed by atoms with Crippen molar-refractivity contribution in [3.63, 3.8) is 0 Å². The van der Waals surface area contributed by atoms with E-state index in [-0.39, 0.29) is 6.61 Å². The molecule has 154 valence electrons. The molecule has 0 bridgehead atoms. The van der Waals surface area contributed by atoms with Gasteiger partial charge in [-0.1, -0.05) is 35.3 Å². The summed E-state index contributed by atoms with van der Waals surface area (Å²) < 4.78 is 8.99. The molecule has 2 aromatic carbocycles. The highest BCUT2D eigenvalue weighted by atomic mass is 35.5. The molecule has 0 aliphatic heterocycles. The van der Waals surface area contributed by atoms with E-state index in [0.29, 0.717) is 28.1 Å². The number of benzene rings is 2. The summed E-state index contributed by atoms with van der Waals surface area (Å²) in [6.07, 6.45) is 1.19. The molecule has 0 saturated heterocycles. The van der Waals surface area contributed by atoms with Gasteiger partial charge in [-0.3, -0.25) is 5.32 Å². The summed E-state index contributed by atoms with van der Waals surface area (Å²) in [6, 6.07) is 12.8. The molecule has 0 saturated carbocycles. The summed E-state index contributed by atoms with van der Waals surface area (Å²) in [5.74, 6) is 0.531. The number of anilines is 1. The van der Waals surface area contributed by atoms with Crippen molar-refractivity contribution in [3.05, 3.63) is 64.4 Å². The van der Waals surface area contributed by atoms with Gasteiger partial charge in [-0.05, 0) is 36.8 Å². The number of ether oxygens (including phenoxy) is 1. The van der Waals surface area contributed by atoms with Crippen molar-refractivity contribution in [1.82, 2.24) is 19.3 Å². The minimum atomic E-state index is -0.564. The van der Waals surface area contributed by atoms with Crippen molar-refractivity contribution in [2.45, 2.75) is 20.1 Å². The van der Waals surface area contributed by atoms with Crippen molar-refractivity contribution in [3.8, 4) is 11.3 Å². The Hall–Kier alpha value is -3.03. The third-order valence-electron chi connectivity index (χ3n) is 4.68. The minimum Gasteiger partial charge on any atom is -0.444 e. The Balaban J connectivity index is 1.45. The zero-order chi connectivity index (χ0) is 21.3. The first-order valence-electron chi connectivity index (χ1n) is 9.31. The van der Waals surface area contributed by atoms with Gasteiger partial charge in [-0.25, -0.2) is 14.5 Å². The zero-order valence-corrected chi connectivity index (χ0v) is 17.9. The van der Waals surface area contributed by atoms with E-state index in [0.717, 1.165) is 22.2 Å². The van der Waals surface area contributed by atoms with E-state index in [2.05, 4.69) is 15.4 Å². The number of carbonyl (C=O) groups is 1. The molecule has 2 aromatic heterocycles. The molecule has 0 atom stereocenters. The van der Waals surface area contributed by atoms with Crippen LogP contribution < -0.4 is 5.32 Å². The summed E-state index contributed by atoms with van der Waals surface area (Å²) >= 11 is 12.1. The molecule has 1 N–H and O–H groups in total. The predicted molar refractivity (Wildman–Crippen MR) is 118 cm³/mol. The number of amides is 1. The first-order chi connectivity index (χ1) is 14.4. The second-order valence-electron chi connectivity index (χ2n) is 6.74. The highest BCUT2D eigenvalue weighted by Crippen LogP contribution is 2.29. The molecular formula is C21H19Cl2N5O2. The lowest BCUT2D eigenvalue weighted by Crippen LogP contribution is -2.16. The summed E-state index contributed by atoms with van der Waals surface area (Å²) in [7, 11) is 1.93. The fraction of sp³-hybridized carbons (Fsp3) is 0.190. The van der Waals surface area contributed by atoms with Crippen LogP contribution in [0, 0.1) is 0 Å². The van der Waals surface area contributed by atoms with Gasteiger partial charge in [0.05, 0.1) is 33.1 Å². The normalized spacial score (nSPS) is 11.1. The van der Waals surface area contributed by atoms with Gasteiger partial charge >= 0.3 is 6.09 Å². The Morgan fingerprint density at radius 2 is 1.97 bits per heavy atom. The van der Waals surface area contributed by atoms with Gasteiger partial charge in [0.2, 0.25) is 0 Å². The van der Waals surface area contributed by atoms with E-state index in [9.17, 15) is 4.79 Å². The number of carbonyl (C=O) groups excluding carboxylic acids is 1. The molecule has 4 rings (SSSR count). The maximum Gasteiger partial charge on any atom is 0.413 e. The average molecular weight is 444 g/mol. The lowest BCUT2D eigenvalue weighted by molar-refractivity contribution is 0.155. The number of aryl methyl sites for hydroxylation is 2. The van der Waals surface area contributed by atoms with Gasteiger partial charge < -0.3 is 9.30 Å². The Kier molecular flexibility index (Phi) is 5.65. The molecule has 7 nitrogen and oxygen atoms in total. The number of hydrogen-bond donors (Lipinski definition) is 1. The Morgan fingerprint density at radius 3 is 2.73 bits per heavy atom. The number of nitrogens with one attached hydrogen (secondary N) is 1. The molecule has 0 aliphatic rings. The number of nitrogens with zero attached hydrogens (tertiary/aromatic N) is 4. The van der Waals surface area contributed by atoms with Gasteiger partial charge in [-0.2, -0.15) is 5.10 Å². The first-order valence-corrected chi connectivity index (χ1v) is 10.1. The largest absolute Gasteiger partial charge is 0.444 e. The lowest BCUT2D eigenvalue weighted by atomic mass is 10.1. The molecule has 30 heavy (non-hydrogen) atoms. The molecule has 0 fully saturated rings. The van der Waals surface area contributed by atoms with Crippen LogP contribution in [-0.2, 0) is 24.9 Å². The monoisotopic (exact) mass is 443 g/mol. The third-order valence-corrected chi connectivity index (χ3v) is 5.42. The minimum absolute atomic E-state index is 0.137. The zero-order valence-electron chi connectivity index (χ0n) is 16.4. The summed E-state index contributed by atoms with van der Waals surface area (Å²) in [6.45, 7) is 2.65. The van der Waals surface area contributed by atoms with E-state index in [4.69, 9.17) is 27.9 Å². The van der Waals surface area contributed by atoms with E-state index in [1.807, 2.05) is 42.8 Å². The smallest absolute Gasteiger partial charge is 0.413 e. The van der Waals surface area contributed by atoms with Crippen LogP contribution in [0.4, 0.5) is 10.6 Å². The van der Waals surface area contributed by atoms with Crippen LogP contribution in [0.25, 0.3) is 22.3 Å². The van der Waals surface area contributed by atoms with Gasteiger partial charge in [0, 0.05) is 25.2 Å². The number of halogens is 2. The number of rotatable bonds is 5. The summed E-state index contributed by atoms with van der Waals surface area (Å²) in [4.78, 5) is 16.7. The Labute approximate surface area is 183 Å². The maximum atomic E-state index is 12.3. The summed E-state index contributed by atoms with van der Waals surface area (Å²) in [5.41, 5.74) is 4.21. The second-order valence-corrected chi connectivity index (χ2v) is 7.55. The molecule has 1 amide bonds. The third kappa shape index (κ3) is 4.13.